The van der Waals surface area contributed by atoms with Gasteiger partial charge in [-0.05, 0) is 25.0 Å². The Hall–Kier alpha value is -1.72. The zero-order valence-electron chi connectivity index (χ0n) is 10.9. The van der Waals surface area contributed by atoms with Crippen molar-refractivity contribution in [2.75, 3.05) is 11.9 Å². The van der Waals surface area contributed by atoms with Crippen molar-refractivity contribution in [3.05, 3.63) is 47.1 Å². The van der Waals surface area contributed by atoms with Crippen molar-refractivity contribution in [1.82, 2.24) is 15.0 Å². The van der Waals surface area contributed by atoms with Crippen molar-refractivity contribution in [2.45, 2.75) is 25.5 Å². The predicted octanol–water partition coefficient (Wildman–Crippen LogP) is 2.99. The van der Waals surface area contributed by atoms with Crippen molar-refractivity contribution < 1.29 is 4.74 Å². The normalized spacial score (nSPS) is 18.1. The third-order valence-electron chi connectivity index (χ3n) is 3.11. The van der Waals surface area contributed by atoms with E-state index >= 15 is 0 Å². The van der Waals surface area contributed by atoms with Gasteiger partial charge in [-0.15, -0.1) is 0 Å². The number of pyridine rings is 1. The Kier molecular flexibility index (Phi) is 4.08. The number of halogens is 1. The molecule has 0 bridgehead atoms. The summed E-state index contributed by atoms with van der Waals surface area (Å²) in [5.74, 6) is 1.35. The molecule has 0 radical (unpaired) electrons. The highest BCUT2D eigenvalue weighted by Gasteiger charge is 2.21. The first kappa shape index (κ1) is 13.3. The van der Waals surface area contributed by atoms with Gasteiger partial charge in [0, 0.05) is 18.9 Å². The van der Waals surface area contributed by atoms with Crippen LogP contribution in [0.3, 0.4) is 0 Å². The van der Waals surface area contributed by atoms with Gasteiger partial charge in [0.05, 0.1) is 12.2 Å². The van der Waals surface area contributed by atoms with E-state index in [1.165, 1.54) is 0 Å². The summed E-state index contributed by atoms with van der Waals surface area (Å²) in [6, 6.07) is 7.51. The van der Waals surface area contributed by atoms with E-state index in [1.807, 2.05) is 18.2 Å². The fourth-order valence-corrected chi connectivity index (χ4v) is 2.32. The minimum Gasteiger partial charge on any atom is -0.370 e. The molecule has 0 aromatic carbocycles. The van der Waals surface area contributed by atoms with Crippen molar-refractivity contribution in [2.24, 2.45) is 0 Å². The summed E-state index contributed by atoms with van der Waals surface area (Å²) in [4.78, 5) is 13.0. The van der Waals surface area contributed by atoms with Gasteiger partial charge in [0.2, 0.25) is 0 Å². The maximum atomic E-state index is 6.05. The number of rotatable bonds is 4. The molecule has 2 aromatic rings. The van der Waals surface area contributed by atoms with Crippen LogP contribution < -0.4 is 5.32 Å². The molecule has 2 aromatic heterocycles. The van der Waals surface area contributed by atoms with Gasteiger partial charge >= 0.3 is 0 Å². The largest absolute Gasteiger partial charge is 0.370 e. The second kappa shape index (κ2) is 6.15. The smallest absolute Gasteiger partial charge is 0.161 e. The molecule has 1 aliphatic heterocycles. The molecular formula is C14H15ClN4O. The highest BCUT2D eigenvalue weighted by atomic mass is 35.5. The fourth-order valence-electron chi connectivity index (χ4n) is 2.13. The van der Waals surface area contributed by atoms with Crippen molar-refractivity contribution in [3.8, 4) is 0 Å². The van der Waals surface area contributed by atoms with Gasteiger partial charge in [-0.25, -0.2) is 9.97 Å². The van der Waals surface area contributed by atoms with E-state index in [4.69, 9.17) is 16.3 Å². The average molecular weight is 291 g/mol. The summed E-state index contributed by atoms with van der Waals surface area (Å²) in [7, 11) is 0. The number of anilines is 1. The van der Waals surface area contributed by atoms with Crippen LogP contribution in [0.25, 0.3) is 0 Å². The number of hydrogen-bond acceptors (Lipinski definition) is 5. The number of nitrogens with zero attached hydrogens (tertiary/aromatic N) is 3. The maximum Gasteiger partial charge on any atom is 0.161 e. The number of aromatic nitrogens is 3. The molecule has 20 heavy (non-hydrogen) atoms. The number of nitrogens with one attached hydrogen (secondary N) is 1. The molecule has 6 heteroatoms. The Morgan fingerprint density at radius 2 is 2.30 bits per heavy atom. The molecular weight excluding hydrogens is 276 g/mol. The van der Waals surface area contributed by atoms with Crippen molar-refractivity contribution >= 4 is 17.4 Å². The Labute approximate surface area is 122 Å². The Morgan fingerprint density at radius 3 is 3.05 bits per heavy atom. The first-order valence-corrected chi connectivity index (χ1v) is 6.99. The molecule has 1 aliphatic rings. The lowest BCUT2D eigenvalue weighted by atomic mass is 10.2. The molecule has 1 fully saturated rings. The third kappa shape index (κ3) is 3.23. The van der Waals surface area contributed by atoms with E-state index in [0.29, 0.717) is 23.3 Å². The third-order valence-corrected chi connectivity index (χ3v) is 3.30. The second-order valence-corrected chi connectivity index (χ2v) is 5.00. The quantitative estimate of drug-likeness (QED) is 0.877. The maximum absolute atomic E-state index is 6.05. The second-order valence-electron chi connectivity index (χ2n) is 4.61. The molecule has 3 rings (SSSR count). The molecule has 5 nitrogen and oxygen atoms in total. The van der Waals surface area contributed by atoms with E-state index in [-0.39, 0.29) is 6.10 Å². The monoisotopic (exact) mass is 290 g/mol. The van der Waals surface area contributed by atoms with Crippen LogP contribution in [0.5, 0.6) is 0 Å². The predicted molar refractivity (Wildman–Crippen MR) is 76.5 cm³/mol. The lowest BCUT2D eigenvalue weighted by Gasteiger charge is -2.11. The molecule has 1 saturated heterocycles. The SMILES string of the molecule is Clc1cc(NCc2ccccn2)nc(C2CCCO2)n1. The lowest BCUT2D eigenvalue weighted by Crippen LogP contribution is -2.08. The summed E-state index contributed by atoms with van der Waals surface area (Å²) >= 11 is 6.05. The standard InChI is InChI=1S/C14H15ClN4O/c15-12-8-13(17-9-10-4-1-2-6-16-10)19-14(18-12)11-5-3-7-20-11/h1-2,4,6,8,11H,3,5,7,9H2,(H,17,18,19). The van der Waals surface area contributed by atoms with Crippen LogP contribution in [0.1, 0.15) is 30.5 Å². The van der Waals surface area contributed by atoms with Gasteiger partial charge in [-0.1, -0.05) is 17.7 Å². The van der Waals surface area contributed by atoms with Crippen LogP contribution in [0.15, 0.2) is 30.5 Å². The van der Waals surface area contributed by atoms with Crippen molar-refractivity contribution in [3.63, 3.8) is 0 Å². The van der Waals surface area contributed by atoms with Gasteiger partial charge in [0.25, 0.3) is 0 Å². The van der Waals surface area contributed by atoms with E-state index in [1.54, 1.807) is 12.3 Å². The van der Waals surface area contributed by atoms with E-state index in [9.17, 15) is 0 Å². The molecule has 3 heterocycles. The lowest BCUT2D eigenvalue weighted by molar-refractivity contribution is 0.105. The first-order chi connectivity index (χ1) is 9.81. The van der Waals surface area contributed by atoms with E-state index < -0.39 is 0 Å². The molecule has 104 valence electrons. The Morgan fingerprint density at radius 1 is 1.35 bits per heavy atom. The highest BCUT2D eigenvalue weighted by molar-refractivity contribution is 6.29. The molecule has 0 saturated carbocycles. The van der Waals surface area contributed by atoms with Gasteiger partial charge in [0.1, 0.15) is 17.1 Å². The van der Waals surface area contributed by atoms with Crippen LogP contribution in [0.2, 0.25) is 5.15 Å². The van der Waals surface area contributed by atoms with Gasteiger partial charge in [-0.3, -0.25) is 4.98 Å². The summed E-state index contributed by atoms with van der Waals surface area (Å²) < 4.78 is 5.59. The van der Waals surface area contributed by atoms with E-state index in [0.717, 1.165) is 25.1 Å². The summed E-state index contributed by atoms with van der Waals surface area (Å²) in [6.07, 6.45) is 3.71. The average Bonchev–Trinajstić information content (AvgIpc) is 3.00. The Balaban J connectivity index is 1.72. The molecule has 1 N–H and O–H groups in total. The van der Waals surface area contributed by atoms with Crippen LogP contribution in [-0.2, 0) is 11.3 Å². The molecule has 0 amide bonds. The molecule has 1 atom stereocenters. The van der Waals surface area contributed by atoms with Gasteiger partial charge in [0.15, 0.2) is 5.82 Å². The number of hydrogen-bond donors (Lipinski definition) is 1. The summed E-state index contributed by atoms with van der Waals surface area (Å²) in [5, 5.41) is 3.64. The summed E-state index contributed by atoms with van der Waals surface area (Å²) in [5.41, 5.74) is 0.945. The minimum absolute atomic E-state index is 0.0379. The minimum atomic E-state index is -0.0379. The van der Waals surface area contributed by atoms with E-state index in [2.05, 4.69) is 20.3 Å². The zero-order valence-corrected chi connectivity index (χ0v) is 11.7. The van der Waals surface area contributed by atoms with Crippen LogP contribution in [-0.4, -0.2) is 21.6 Å². The topological polar surface area (TPSA) is 59.9 Å². The molecule has 0 aliphatic carbocycles. The summed E-state index contributed by atoms with van der Waals surface area (Å²) in [6.45, 7) is 1.36. The first-order valence-electron chi connectivity index (χ1n) is 6.61. The molecule has 0 spiro atoms. The highest BCUT2D eigenvalue weighted by Crippen LogP contribution is 2.27. The fraction of sp³-hybridized carbons (Fsp3) is 0.357. The van der Waals surface area contributed by atoms with Crippen LogP contribution in [0, 0.1) is 0 Å². The number of ether oxygens (including phenoxy) is 1. The van der Waals surface area contributed by atoms with Crippen molar-refractivity contribution in [1.29, 1.82) is 0 Å². The van der Waals surface area contributed by atoms with Crippen LogP contribution in [0.4, 0.5) is 5.82 Å². The molecule has 1 unspecified atom stereocenters. The zero-order chi connectivity index (χ0) is 13.8. The Bertz CT molecular complexity index is 573. The van der Waals surface area contributed by atoms with Gasteiger partial charge < -0.3 is 10.1 Å². The van der Waals surface area contributed by atoms with Crippen LogP contribution >= 0.6 is 11.6 Å². The van der Waals surface area contributed by atoms with Gasteiger partial charge in [-0.2, -0.15) is 0 Å².